The first-order chi connectivity index (χ1) is 6.74. The van der Waals surface area contributed by atoms with E-state index in [0.717, 1.165) is 17.8 Å². The highest BCUT2D eigenvalue weighted by Crippen LogP contribution is 2.21. The summed E-state index contributed by atoms with van der Waals surface area (Å²) in [6.45, 7) is 7.68. The van der Waals surface area contributed by atoms with E-state index in [1.165, 1.54) is 6.08 Å². The van der Waals surface area contributed by atoms with Crippen molar-refractivity contribution in [1.82, 2.24) is 14.7 Å². The van der Waals surface area contributed by atoms with Crippen molar-refractivity contribution in [2.75, 3.05) is 0 Å². The molecule has 1 aromatic heterocycles. The van der Waals surface area contributed by atoms with E-state index in [4.69, 9.17) is 0 Å². The molecule has 2 heterocycles. The van der Waals surface area contributed by atoms with Crippen molar-refractivity contribution in [1.29, 1.82) is 0 Å². The molecule has 0 spiro atoms. The van der Waals surface area contributed by atoms with Crippen molar-refractivity contribution >= 4 is 5.91 Å². The fraction of sp³-hybridized carbons (Fsp3) is 0.400. The van der Waals surface area contributed by atoms with Gasteiger partial charge in [-0.05, 0) is 13.0 Å². The zero-order chi connectivity index (χ0) is 10.1. The maximum absolute atomic E-state index is 11.3. The maximum atomic E-state index is 11.3. The highest BCUT2D eigenvalue weighted by molar-refractivity contribution is 5.87. The largest absolute Gasteiger partial charge is 0.329 e. The number of rotatable bonds is 2. The summed E-state index contributed by atoms with van der Waals surface area (Å²) in [6.07, 6.45) is 3.35. The van der Waals surface area contributed by atoms with Crippen LogP contribution in [0.5, 0.6) is 0 Å². The van der Waals surface area contributed by atoms with E-state index in [1.807, 2.05) is 10.9 Å². The predicted molar refractivity (Wildman–Crippen MR) is 52.4 cm³/mol. The van der Waals surface area contributed by atoms with Gasteiger partial charge >= 0.3 is 0 Å². The van der Waals surface area contributed by atoms with E-state index in [2.05, 4.69) is 18.6 Å². The Morgan fingerprint density at radius 3 is 3.07 bits per heavy atom. The normalized spacial score (nSPS) is 14.2. The average Bonchev–Trinajstić information content (AvgIpc) is 2.72. The van der Waals surface area contributed by atoms with Gasteiger partial charge < -0.3 is 4.90 Å². The number of aromatic nitrogens is 2. The number of amides is 1. The highest BCUT2D eigenvalue weighted by atomic mass is 16.2. The molecular weight excluding hydrogens is 178 g/mol. The molecule has 0 unspecified atom stereocenters. The second-order valence-corrected chi connectivity index (χ2v) is 3.36. The molecule has 0 aromatic carbocycles. The number of nitrogens with zero attached hydrogens (tertiary/aromatic N) is 3. The average molecular weight is 191 g/mol. The minimum absolute atomic E-state index is 0.0222. The van der Waals surface area contributed by atoms with Crippen LogP contribution in [0.15, 0.2) is 18.9 Å². The topological polar surface area (TPSA) is 38.1 Å². The molecule has 0 saturated heterocycles. The van der Waals surface area contributed by atoms with Gasteiger partial charge in [-0.1, -0.05) is 6.58 Å². The van der Waals surface area contributed by atoms with Crippen molar-refractivity contribution in [3.63, 3.8) is 0 Å². The second-order valence-electron chi connectivity index (χ2n) is 3.36. The molecule has 14 heavy (non-hydrogen) atoms. The van der Waals surface area contributed by atoms with Crippen molar-refractivity contribution < 1.29 is 4.79 Å². The van der Waals surface area contributed by atoms with E-state index < -0.39 is 0 Å². The monoisotopic (exact) mass is 191 g/mol. The standard InChI is InChI=1S/C10H13N3O/c1-3-10(14)12-5-8-6-13(4-2)11-9(8)7-12/h3,6H,1,4-5,7H2,2H3. The van der Waals surface area contributed by atoms with Gasteiger partial charge in [-0.2, -0.15) is 5.10 Å². The Labute approximate surface area is 82.8 Å². The Bertz CT molecular complexity index is 357. The van der Waals surface area contributed by atoms with Gasteiger partial charge in [0.15, 0.2) is 0 Å². The molecule has 1 aliphatic heterocycles. The number of carbonyl (C=O) groups excluding carboxylic acids is 1. The Balaban J connectivity index is 2.16. The van der Waals surface area contributed by atoms with Gasteiger partial charge in [-0.25, -0.2) is 0 Å². The Hall–Kier alpha value is -1.58. The van der Waals surface area contributed by atoms with Gasteiger partial charge in [0.1, 0.15) is 0 Å². The minimum Gasteiger partial charge on any atom is -0.329 e. The maximum Gasteiger partial charge on any atom is 0.246 e. The summed E-state index contributed by atoms with van der Waals surface area (Å²) in [5.41, 5.74) is 2.17. The van der Waals surface area contributed by atoms with Crippen LogP contribution in [-0.4, -0.2) is 20.6 Å². The summed E-state index contributed by atoms with van der Waals surface area (Å²) >= 11 is 0. The summed E-state index contributed by atoms with van der Waals surface area (Å²) in [5.74, 6) is -0.0222. The number of carbonyl (C=O) groups is 1. The fourth-order valence-corrected chi connectivity index (χ4v) is 1.66. The Kier molecular flexibility index (Phi) is 2.11. The molecule has 0 aliphatic carbocycles. The summed E-state index contributed by atoms with van der Waals surface area (Å²) in [5, 5.41) is 4.36. The van der Waals surface area contributed by atoms with E-state index in [9.17, 15) is 4.79 Å². The molecule has 1 aromatic rings. The lowest BCUT2D eigenvalue weighted by molar-refractivity contribution is -0.126. The van der Waals surface area contributed by atoms with Crippen LogP contribution in [0.2, 0.25) is 0 Å². The van der Waals surface area contributed by atoms with Gasteiger partial charge in [-0.15, -0.1) is 0 Å². The van der Waals surface area contributed by atoms with Crippen LogP contribution in [0.3, 0.4) is 0 Å². The van der Waals surface area contributed by atoms with E-state index in [-0.39, 0.29) is 5.91 Å². The quantitative estimate of drug-likeness (QED) is 0.652. The second kappa shape index (κ2) is 3.29. The van der Waals surface area contributed by atoms with Crippen LogP contribution < -0.4 is 0 Å². The van der Waals surface area contributed by atoms with Crippen LogP contribution >= 0.6 is 0 Å². The van der Waals surface area contributed by atoms with Crippen LogP contribution in [0.4, 0.5) is 0 Å². The molecule has 0 fully saturated rings. The Morgan fingerprint density at radius 1 is 1.71 bits per heavy atom. The molecule has 1 amide bonds. The molecule has 0 atom stereocenters. The molecule has 0 saturated carbocycles. The van der Waals surface area contributed by atoms with Crippen molar-refractivity contribution in [2.45, 2.75) is 26.6 Å². The third-order valence-electron chi connectivity index (χ3n) is 2.44. The van der Waals surface area contributed by atoms with Gasteiger partial charge in [0.05, 0.1) is 12.2 Å². The summed E-state index contributed by atoms with van der Waals surface area (Å²) in [4.78, 5) is 13.0. The van der Waals surface area contributed by atoms with Crippen LogP contribution in [-0.2, 0) is 24.4 Å². The van der Waals surface area contributed by atoms with Crippen LogP contribution in [0.1, 0.15) is 18.2 Å². The summed E-state index contributed by atoms with van der Waals surface area (Å²) < 4.78 is 1.90. The lowest BCUT2D eigenvalue weighted by Crippen LogP contribution is -2.23. The number of aryl methyl sites for hydroxylation is 1. The van der Waals surface area contributed by atoms with E-state index in [0.29, 0.717) is 13.1 Å². The molecule has 0 radical (unpaired) electrons. The van der Waals surface area contributed by atoms with Gasteiger partial charge in [-0.3, -0.25) is 9.48 Å². The highest BCUT2D eigenvalue weighted by Gasteiger charge is 2.24. The first-order valence-electron chi connectivity index (χ1n) is 4.71. The van der Waals surface area contributed by atoms with Crippen molar-refractivity contribution in [3.05, 3.63) is 30.1 Å². The molecule has 2 rings (SSSR count). The number of hydrogen-bond acceptors (Lipinski definition) is 2. The zero-order valence-corrected chi connectivity index (χ0v) is 8.23. The van der Waals surface area contributed by atoms with Gasteiger partial charge in [0.25, 0.3) is 0 Å². The predicted octanol–water partition coefficient (Wildman–Crippen LogP) is 0.931. The lowest BCUT2D eigenvalue weighted by atomic mass is 10.3. The third-order valence-corrected chi connectivity index (χ3v) is 2.44. The molecule has 0 bridgehead atoms. The lowest BCUT2D eigenvalue weighted by Gasteiger charge is -2.12. The smallest absolute Gasteiger partial charge is 0.246 e. The summed E-state index contributed by atoms with van der Waals surface area (Å²) in [6, 6.07) is 0. The number of fused-ring (bicyclic) bond motifs is 1. The van der Waals surface area contributed by atoms with Gasteiger partial charge in [0.2, 0.25) is 5.91 Å². The minimum atomic E-state index is -0.0222. The first kappa shape index (κ1) is 8.99. The molecule has 4 heteroatoms. The molecule has 1 aliphatic rings. The molecule has 0 N–H and O–H groups in total. The van der Waals surface area contributed by atoms with Gasteiger partial charge in [0, 0.05) is 24.8 Å². The Morgan fingerprint density at radius 2 is 2.50 bits per heavy atom. The van der Waals surface area contributed by atoms with Crippen LogP contribution in [0.25, 0.3) is 0 Å². The molecular formula is C10H13N3O. The first-order valence-corrected chi connectivity index (χ1v) is 4.71. The van der Waals surface area contributed by atoms with E-state index >= 15 is 0 Å². The zero-order valence-electron chi connectivity index (χ0n) is 8.23. The molecule has 4 nitrogen and oxygen atoms in total. The SMILES string of the molecule is C=CC(=O)N1Cc2cn(CC)nc2C1. The molecule has 74 valence electrons. The van der Waals surface area contributed by atoms with Crippen molar-refractivity contribution in [3.8, 4) is 0 Å². The van der Waals surface area contributed by atoms with E-state index in [1.54, 1.807) is 4.90 Å². The fourth-order valence-electron chi connectivity index (χ4n) is 1.66. The third kappa shape index (κ3) is 1.32. The van der Waals surface area contributed by atoms with Crippen LogP contribution in [0, 0.1) is 0 Å². The van der Waals surface area contributed by atoms with Crippen molar-refractivity contribution in [2.24, 2.45) is 0 Å². The number of hydrogen-bond donors (Lipinski definition) is 0. The summed E-state index contributed by atoms with van der Waals surface area (Å²) in [7, 11) is 0.